The van der Waals surface area contributed by atoms with Crippen LogP contribution in [0.4, 0.5) is 4.79 Å². The van der Waals surface area contributed by atoms with E-state index >= 15 is 0 Å². The number of carbonyl (C=O) groups is 1. The van der Waals surface area contributed by atoms with Crippen LogP contribution in [0.1, 0.15) is 26.6 Å². The molecule has 19 heavy (non-hydrogen) atoms. The Bertz CT molecular complexity index is 392. The van der Waals surface area contributed by atoms with Crippen LogP contribution in [-0.2, 0) is 13.1 Å². The van der Waals surface area contributed by atoms with Gasteiger partial charge in [0.2, 0.25) is 0 Å². The highest BCUT2D eigenvalue weighted by molar-refractivity contribution is 7.98. The molecule has 0 aromatic carbocycles. The number of nitrogens with one attached hydrogen (secondary N) is 2. The number of hydrogen-bond acceptors (Lipinski definition) is 3. The van der Waals surface area contributed by atoms with Crippen LogP contribution in [0.25, 0.3) is 0 Å². The van der Waals surface area contributed by atoms with Crippen molar-refractivity contribution in [2.75, 3.05) is 12.0 Å². The molecule has 0 radical (unpaired) electrons. The normalized spacial score (nSPS) is 12.5. The molecule has 0 aliphatic heterocycles. The van der Waals surface area contributed by atoms with E-state index in [0.29, 0.717) is 12.5 Å². The van der Waals surface area contributed by atoms with Crippen molar-refractivity contribution in [2.24, 2.45) is 5.92 Å². The summed E-state index contributed by atoms with van der Waals surface area (Å²) in [7, 11) is 0. The summed E-state index contributed by atoms with van der Waals surface area (Å²) >= 11 is 1.72. The fourth-order valence-corrected chi connectivity index (χ4v) is 2.38. The molecule has 1 aromatic heterocycles. The molecule has 0 fully saturated rings. The average molecular weight is 284 g/mol. The zero-order chi connectivity index (χ0) is 14.3. The minimum Gasteiger partial charge on any atom is -0.335 e. The van der Waals surface area contributed by atoms with Crippen molar-refractivity contribution in [3.63, 3.8) is 0 Å². The van der Waals surface area contributed by atoms with E-state index in [1.807, 2.05) is 19.4 Å². The number of carbonyl (C=O) groups excluding carboxylic acids is 1. The van der Waals surface area contributed by atoms with Crippen LogP contribution < -0.4 is 10.6 Å². The van der Waals surface area contributed by atoms with Crippen LogP contribution in [-0.4, -0.2) is 33.6 Å². The first-order valence-electron chi connectivity index (χ1n) is 6.56. The predicted molar refractivity (Wildman–Crippen MR) is 80.3 cm³/mol. The molecule has 0 saturated heterocycles. The summed E-state index contributed by atoms with van der Waals surface area (Å²) in [5.41, 5.74) is 0. The average Bonchev–Trinajstić information content (AvgIpc) is 2.73. The Hall–Kier alpha value is -1.17. The molecule has 0 saturated carbocycles. The summed E-state index contributed by atoms with van der Waals surface area (Å²) < 4.78 is 2.08. The van der Waals surface area contributed by atoms with E-state index in [4.69, 9.17) is 0 Å². The van der Waals surface area contributed by atoms with Gasteiger partial charge in [0.05, 0.1) is 6.54 Å². The van der Waals surface area contributed by atoms with Crippen LogP contribution in [0, 0.1) is 5.92 Å². The van der Waals surface area contributed by atoms with Gasteiger partial charge >= 0.3 is 6.03 Å². The minimum atomic E-state index is -0.138. The molecule has 5 nitrogen and oxygen atoms in total. The second kappa shape index (κ2) is 8.09. The van der Waals surface area contributed by atoms with E-state index in [1.165, 1.54) is 0 Å². The zero-order valence-electron chi connectivity index (χ0n) is 12.1. The van der Waals surface area contributed by atoms with Crippen molar-refractivity contribution in [2.45, 2.75) is 39.9 Å². The molecule has 108 valence electrons. The summed E-state index contributed by atoms with van der Waals surface area (Å²) in [6.45, 7) is 7.69. The monoisotopic (exact) mass is 284 g/mol. The second-order valence-electron chi connectivity index (χ2n) is 5.07. The van der Waals surface area contributed by atoms with Crippen molar-refractivity contribution in [1.29, 1.82) is 0 Å². The van der Waals surface area contributed by atoms with Gasteiger partial charge in [0.15, 0.2) is 0 Å². The van der Waals surface area contributed by atoms with Crippen LogP contribution in [0.3, 0.4) is 0 Å². The fourth-order valence-electron chi connectivity index (χ4n) is 1.79. The van der Waals surface area contributed by atoms with Gasteiger partial charge in [-0.2, -0.15) is 11.8 Å². The molecular formula is C13H24N4OS. The van der Waals surface area contributed by atoms with Crippen LogP contribution in [0.15, 0.2) is 12.4 Å². The van der Waals surface area contributed by atoms with E-state index in [1.54, 1.807) is 18.0 Å². The number of amides is 2. The van der Waals surface area contributed by atoms with Gasteiger partial charge in [0, 0.05) is 30.7 Å². The molecule has 0 bridgehead atoms. The molecule has 1 rings (SSSR count). The highest BCUT2D eigenvalue weighted by atomic mass is 32.2. The molecule has 6 heteroatoms. The highest BCUT2D eigenvalue weighted by Crippen LogP contribution is 2.03. The molecule has 2 N–H and O–H groups in total. The Morgan fingerprint density at radius 3 is 2.84 bits per heavy atom. The molecule has 0 aliphatic carbocycles. The molecule has 1 atom stereocenters. The second-order valence-corrected chi connectivity index (χ2v) is 5.98. The van der Waals surface area contributed by atoms with Crippen molar-refractivity contribution in [3.05, 3.63) is 18.2 Å². The van der Waals surface area contributed by atoms with E-state index in [0.717, 1.165) is 18.1 Å². The Balaban J connectivity index is 2.40. The number of imidazole rings is 1. The first-order chi connectivity index (χ1) is 9.02. The SMILES string of the molecule is CSC[C@@H](C)NC(=O)NCc1nccn1CC(C)C. The van der Waals surface area contributed by atoms with E-state index in [9.17, 15) is 4.79 Å². The minimum absolute atomic E-state index is 0.138. The van der Waals surface area contributed by atoms with Gasteiger partial charge in [0.1, 0.15) is 5.82 Å². The number of nitrogens with zero attached hydrogens (tertiary/aromatic N) is 2. The van der Waals surface area contributed by atoms with Crippen molar-refractivity contribution >= 4 is 17.8 Å². The molecule has 1 heterocycles. The lowest BCUT2D eigenvalue weighted by Gasteiger charge is -2.14. The molecule has 2 amide bonds. The molecule has 0 spiro atoms. The first kappa shape index (κ1) is 15.9. The third-order valence-corrected chi connectivity index (χ3v) is 3.40. The van der Waals surface area contributed by atoms with Gasteiger partial charge in [-0.05, 0) is 19.1 Å². The number of hydrogen-bond donors (Lipinski definition) is 2. The maximum atomic E-state index is 11.7. The Kier molecular flexibility index (Phi) is 6.77. The smallest absolute Gasteiger partial charge is 0.315 e. The third-order valence-electron chi connectivity index (χ3n) is 2.56. The van der Waals surface area contributed by atoms with E-state index in [2.05, 4.69) is 34.0 Å². The summed E-state index contributed by atoms with van der Waals surface area (Å²) in [6, 6.07) is 0.0334. The van der Waals surface area contributed by atoms with Crippen LogP contribution in [0.5, 0.6) is 0 Å². The van der Waals surface area contributed by atoms with Crippen molar-refractivity contribution in [1.82, 2.24) is 20.2 Å². The summed E-state index contributed by atoms with van der Waals surface area (Å²) in [6.07, 6.45) is 5.75. The lowest BCUT2D eigenvalue weighted by atomic mass is 10.2. The number of thioether (sulfide) groups is 1. The van der Waals surface area contributed by atoms with E-state index < -0.39 is 0 Å². The van der Waals surface area contributed by atoms with Gasteiger partial charge in [-0.15, -0.1) is 0 Å². The van der Waals surface area contributed by atoms with Crippen molar-refractivity contribution in [3.8, 4) is 0 Å². The van der Waals surface area contributed by atoms with Gasteiger partial charge in [-0.1, -0.05) is 13.8 Å². The lowest BCUT2D eigenvalue weighted by Crippen LogP contribution is -2.41. The van der Waals surface area contributed by atoms with Gasteiger partial charge in [-0.3, -0.25) is 0 Å². The standard InChI is InChI=1S/C13H24N4OS/c1-10(2)8-17-6-5-14-12(17)7-15-13(18)16-11(3)9-19-4/h5-6,10-11H,7-9H2,1-4H3,(H2,15,16,18)/t11-/m1/s1. The van der Waals surface area contributed by atoms with Crippen LogP contribution >= 0.6 is 11.8 Å². The Morgan fingerprint density at radius 2 is 2.21 bits per heavy atom. The Morgan fingerprint density at radius 1 is 1.47 bits per heavy atom. The molecule has 1 aromatic rings. The summed E-state index contributed by atoms with van der Waals surface area (Å²) in [4.78, 5) is 16.0. The van der Waals surface area contributed by atoms with Crippen LogP contribution in [0.2, 0.25) is 0 Å². The predicted octanol–water partition coefficient (Wildman–Crippen LogP) is 2.09. The van der Waals surface area contributed by atoms with Gasteiger partial charge in [0.25, 0.3) is 0 Å². The summed E-state index contributed by atoms with van der Waals surface area (Å²) in [5, 5.41) is 5.74. The maximum absolute atomic E-state index is 11.7. The number of rotatable bonds is 7. The van der Waals surface area contributed by atoms with Gasteiger partial charge in [-0.25, -0.2) is 9.78 Å². The first-order valence-corrected chi connectivity index (χ1v) is 7.95. The third kappa shape index (κ3) is 6.00. The molecular weight excluding hydrogens is 260 g/mol. The summed E-state index contributed by atoms with van der Waals surface area (Å²) in [5.74, 6) is 2.36. The topological polar surface area (TPSA) is 59.0 Å². The maximum Gasteiger partial charge on any atom is 0.315 e. The Labute approximate surface area is 119 Å². The largest absolute Gasteiger partial charge is 0.335 e. The number of aromatic nitrogens is 2. The quantitative estimate of drug-likeness (QED) is 0.806. The number of urea groups is 1. The van der Waals surface area contributed by atoms with Gasteiger partial charge < -0.3 is 15.2 Å². The molecule has 0 unspecified atom stereocenters. The molecule has 0 aliphatic rings. The van der Waals surface area contributed by atoms with E-state index in [-0.39, 0.29) is 12.1 Å². The fraction of sp³-hybridized carbons (Fsp3) is 0.692. The highest BCUT2D eigenvalue weighted by Gasteiger charge is 2.08. The van der Waals surface area contributed by atoms with Crippen molar-refractivity contribution < 1.29 is 4.79 Å². The lowest BCUT2D eigenvalue weighted by molar-refractivity contribution is 0.238. The zero-order valence-corrected chi connectivity index (χ0v) is 13.0.